The van der Waals surface area contributed by atoms with Gasteiger partial charge in [-0.05, 0) is 43.9 Å². The van der Waals surface area contributed by atoms with Crippen LogP contribution in [0.2, 0.25) is 0 Å². The third-order valence-corrected chi connectivity index (χ3v) is 7.76. The quantitative estimate of drug-likeness (QED) is 0.634. The van der Waals surface area contributed by atoms with Gasteiger partial charge in [-0.15, -0.1) is 0 Å². The second-order valence-electron chi connectivity index (χ2n) is 8.01. The maximum atomic E-state index is 13.9. The average Bonchev–Trinajstić information content (AvgIpc) is 2.73. The lowest BCUT2D eigenvalue weighted by molar-refractivity contribution is -0.156. The molecule has 3 rings (SSSR count). The summed E-state index contributed by atoms with van der Waals surface area (Å²) in [5, 5.41) is 0. The molecule has 0 spiro atoms. The van der Waals surface area contributed by atoms with E-state index in [0.717, 1.165) is 42.1 Å². The minimum Gasteiger partial charge on any atom is -0.455 e. The molecule has 0 bridgehead atoms. The van der Waals surface area contributed by atoms with Crippen molar-refractivity contribution < 1.29 is 31.5 Å². The maximum absolute atomic E-state index is 13.9. The number of halogens is 2. The number of carbonyl (C=O) groups is 2. The summed E-state index contributed by atoms with van der Waals surface area (Å²) in [7, 11) is -4.21. The maximum Gasteiger partial charge on any atom is 0.309 e. The van der Waals surface area contributed by atoms with Crippen LogP contribution >= 0.6 is 0 Å². The number of benzene rings is 1. The first-order valence-corrected chi connectivity index (χ1v) is 12.1. The summed E-state index contributed by atoms with van der Waals surface area (Å²) in [4.78, 5) is 25.7. The molecule has 0 atom stereocenters. The van der Waals surface area contributed by atoms with E-state index in [1.807, 2.05) is 0 Å². The fourth-order valence-electron chi connectivity index (χ4n) is 3.98. The molecule has 2 fully saturated rings. The summed E-state index contributed by atoms with van der Waals surface area (Å²) in [6.07, 6.45) is 5.61. The Hall–Kier alpha value is -2.07. The Morgan fingerprint density at radius 3 is 2.23 bits per heavy atom. The van der Waals surface area contributed by atoms with Crippen LogP contribution in [-0.4, -0.2) is 62.3 Å². The minimum absolute atomic E-state index is 0.0157. The Bertz CT molecular complexity index is 893. The van der Waals surface area contributed by atoms with Crippen molar-refractivity contribution in [1.82, 2.24) is 9.21 Å². The first kappa shape index (κ1) is 23.6. The number of rotatable bonds is 5. The van der Waals surface area contributed by atoms with Crippen LogP contribution < -0.4 is 0 Å². The van der Waals surface area contributed by atoms with Crippen LogP contribution in [0.3, 0.4) is 0 Å². The number of sulfonamides is 1. The van der Waals surface area contributed by atoms with E-state index in [-0.39, 0.29) is 38.4 Å². The van der Waals surface area contributed by atoms with Gasteiger partial charge in [-0.1, -0.05) is 19.3 Å². The molecule has 0 aromatic heterocycles. The molecule has 0 N–H and O–H groups in total. The van der Waals surface area contributed by atoms with Gasteiger partial charge in [0, 0.05) is 26.2 Å². The highest BCUT2D eigenvalue weighted by Crippen LogP contribution is 2.26. The summed E-state index contributed by atoms with van der Waals surface area (Å²) in [5.74, 6) is -3.15. The van der Waals surface area contributed by atoms with Gasteiger partial charge in [0.25, 0.3) is 5.91 Å². The van der Waals surface area contributed by atoms with Crippen molar-refractivity contribution in [1.29, 1.82) is 0 Å². The van der Waals surface area contributed by atoms with E-state index < -0.39 is 38.4 Å². The van der Waals surface area contributed by atoms with Crippen LogP contribution in [0, 0.1) is 17.6 Å². The molecule has 0 saturated carbocycles. The number of likely N-dealkylation sites (tertiary alicyclic amines) is 1. The van der Waals surface area contributed by atoms with E-state index in [0.29, 0.717) is 19.2 Å². The zero-order valence-electron chi connectivity index (χ0n) is 17.4. The molecule has 2 heterocycles. The van der Waals surface area contributed by atoms with Crippen LogP contribution in [0.4, 0.5) is 8.78 Å². The Balaban J connectivity index is 1.50. The molecule has 1 aromatic carbocycles. The lowest BCUT2D eigenvalue weighted by atomic mass is 9.98. The molecular weight excluding hydrogens is 430 g/mol. The van der Waals surface area contributed by atoms with Crippen LogP contribution in [0.15, 0.2) is 23.1 Å². The average molecular weight is 459 g/mol. The predicted octanol–water partition coefficient (Wildman–Crippen LogP) is 2.70. The third kappa shape index (κ3) is 6.00. The van der Waals surface area contributed by atoms with E-state index in [9.17, 15) is 26.8 Å². The zero-order chi connectivity index (χ0) is 22.4. The summed E-state index contributed by atoms with van der Waals surface area (Å²) in [5.41, 5.74) is 0. The highest BCUT2D eigenvalue weighted by molar-refractivity contribution is 7.89. The van der Waals surface area contributed by atoms with Crippen molar-refractivity contribution in [3.05, 3.63) is 29.8 Å². The van der Waals surface area contributed by atoms with E-state index in [2.05, 4.69) is 0 Å². The van der Waals surface area contributed by atoms with Gasteiger partial charge in [0.15, 0.2) is 6.61 Å². The van der Waals surface area contributed by atoms with Crippen molar-refractivity contribution in [3.63, 3.8) is 0 Å². The Morgan fingerprint density at radius 1 is 0.968 bits per heavy atom. The van der Waals surface area contributed by atoms with Gasteiger partial charge in [-0.2, -0.15) is 4.31 Å². The summed E-state index contributed by atoms with van der Waals surface area (Å²) in [6.45, 7) is 0.995. The van der Waals surface area contributed by atoms with Gasteiger partial charge in [-0.3, -0.25) is 9.59 Å². The van der Waals surface area contributed by atoms with E-state index in [1.54, 1.807) is 4.90 Å². The second-order valence-corrected chi connectivity index (χ2v) is 9.92. The summed E-state index contributed by atoms with van der Waals surface area (Å²) in [6, 6.07) is 2.28. The van der Waals surface area contributed by atoms with E-state index in [4.69, 9.17) is 4.74 Å². The summed E-state index contributed by atoms with van der Waals surface area (Å²) < 4.78 is 58.8. The van der Waals surface area contributed by atoms with Gasteiger partial charge in [0.05, 0.1) is 5.92 Å². The molecule has 0 radical (unpaired) electrons. The van der Waals surface area contributed by atoms with Gasteiger partial charge < -0.3 is 9.64 Å². The number of nitrogens with zero attached hydrogens (tertiary/aromatic N) is 2. The first-order chi connectivity index (χ1) is 14.8. The van der Waals surface area contributed by atoms with Crippen LogP contribution in [-0.2, 0) is 24.3 Å². The highest BCUT2D eigenvalue weighted by atomic mass is 32.2. The zero-order valence-corrected chi connectivity index (χ0v) is 18.2. The number of hydrogen-bond donors (Lipinski definition) is 0. The topological polar surface area (TPSA) is 84.0 Å². The Kier molecular flexibility index (Phi) is 7.99. The minimum atomic E-state index is -4.21. The number of esters is 1. The van der Waals surface area contributed by atoms with E-state index in [1.165, 1.54) is 6.42 Å². The number of hydrogen-bond acceptors (Lipinski definition) is 5. The van der Waals surface area contributed by atoms with Crippen molar-refractivity contribution >= 4 is 21.9 Å². The lowest BCUT2D eigenvalue weighted by Crippen LogP contribution is -2.42. The van der Waals surface area contributed by atoms with Crippen LogP contribution in [0.25, 0.3) is 0 Å². The second kappa shape index (κ2) is 10.5. The standard InChI is InChI=1S/C21H28F2N2O5S/c22-17-6-7-18(23)19(14-17)31(28,29)25-12-8-16(9-13-25)21(27)30-15-20(26)24-10-4-2-1-3-5-11-24/h6-7,14,16H,1-5,8-13,15H2. The number of amides is 1. The van der Waals surface area contributed by atoms with E-state index >= 15 is 0 Å². The van der Waals surface area contributed by atoms with Crippen molar-refractivity contribution in [2.75, 3.05) is 32.8 Å². The molecular formula is C21H28F2N2O5S. The van der Waals surface area contributed by atoms with Gasteiger partial charge in [0.2, 0.25) is 10.0 Å². The SMILES string of the molecule is O=C(OCC(=O)N1CCCCCCC1)C1CCN(S(=O)(=O)c2cc(F)ccc2F)CC1. The van der Waals surface area contributed by atoms with Crippen LogP contribution in [0.1, 0.15) is 44.9 Å². The largest absolute Gasteiger partial charge is 0.455 e. The molecule has 31 heavy (non-hydrogen) atoms. The van der Waals surface area contributed by atoms with Gasteiger partial charge in [-0.25, -0.2) is 17.2 Å². The third-order valence-electron chi connectivity index (χ3n) is 5.85. The number of carbonyl (C=O) groups excluding carboxylic acids is 2. The van der Waals surface area contributed by atoms with Crippen molar-refractivity contribution in [2.24, 2.45) is 5.92 Å². The van der Waals surface area contributed by atoms with Gasteiger partial charge in [0.1, 0.15) is 16.5 Å². The fraction of sp³-hybridized carbons (Fsp3) is 0.619. The Morgan fingerprint density at radius 2 is 1.58 bits per heavy atom. The molecule has 2 aliphatic rings. The molecule has 7 nitrogen and oxygen atoms in total. The fourth-order valence-corrected chi connectivity index (χ4v) is 5.53. The number of piperidine rings is 1. The smallest absolute Gasteiger partial charge is 0.309 e. The molecule has 10 heteroatoms. The Labute approximate surface area is 181 Å². The predicted molar refractivity (Wildman–Crippen MR) is 108 cm³/mol. The van der Waals surface area contributed by atoms with Crippen molar-refractivity contribution in [3.8, 4) is 0 Å². The van der Waals surface area contributed by atoms with Crippen molar-refractivity contribution in [2.45, 2.75) is 49.8 Å². The number of ether oxygens (including phenoxy) is 1. The first-order valence-electron chi connectivity index (χ1n) is 10.7. The molecule has 2 saturated heterocycles. The molecule has 0 aliphatic carbocycles. The highest BCUT2D eigenvalue weighted by Gasteiger charge is 2.34. The molecule has 2 aliphatic heterocycles. The molecule has 172 valence electrons. The normalized spacial score (nSPS) is 19.5. The van der Waals surface area contributed by atoms with Crippen LogP contribution in [0.5, 0.6) is 0 Å². The van der Waals surface area contributed by atoms with Gasteiger partial charge >= 0.3 is 5.97 Å². The monoisotopic (exact) mass is 458 g/mol. The summed E-state index contributed by atoms with van der Waals surface area (Å²) >= 11 is 0. The lowest BCUT2D eigenvalue weighted by Gasteiger charge is -2.30. The molecule has 1 aromatic rings. The molecule has 1 amide bonds. The molecule has 0 unspecified atom stereocenters.